The number of nitrogens with zero attached hydrogens (tertiary/aromatic N) is 5. The SMILES string of the molecule is CN([11CH3])CCCNC(=O)Cn1cnc2c1c(=O)n(C)c(=O)n2C. The third-order valence-electron chi connectivity index (χ3n) is 3.64. The van der Waals surface area contributed by atoms with Crippen molar-refractivity contribution in [2.45, 2.75) is 13.0 Å². The molecule has 9 nitrogen and oxygen atoms in total. The van der Waals surface area contributed by atoms with E-state index in [-0.39, 0.29) is 23.6 Å². The molecule has 0 spiro atoms. The summed E-state index contributed by atoms with van der Waals surface area (Å²) in [6.45, 7) is 1.45. The second-order valence-electron chi connectivity index (χ2n) is 5.76. The zero-order valence-corrected chi connectivity index (χ0v) is 13.9. The van der Waals surface area contributed by atoms with Crippen molar-refractivity contribution in [1.82, 2.24) is 28.9 Å². The highest BCUT2D eigenvalue weighted by atomic mass is 16.2. The maximum Gasteiger partial charge on any atom is 0.332 e. The fourth-order valence-electron chi connectivity index (χ4n) is 2.35. The molecule has 0 radical (unpaired) electrons. The lowest BCUT2D eigenvalue weighted by Gasteiger charge is -2.10. The summed E-state index contributed by atoms with van der Waals surface area (Å²) in [5, 5.41) is 2.81. The van der Waals surface area contributed by atoms with Gasteiger partial charge in [-0.05, 0) is 27.1 Å². The van der Waals surface area contributed by atoms with Crippen LogP contribution in [0.4, 0.5) is 0 Å². The molecule has 1 amide bonds. The minimum Gasteiger partial charge on any atom is -0.355 e. The highest BCUT2D eigenvalue weighted by Gasteiger charge is 2.15. The maximum atomic E-state index is 12.3. The molecule has 1 N–H and O–H groups in total. The zero-order chi connectivity index (χ0) is 17.1. The van der Waals surface area contributed by atoms with E-state index in [1.165, 1.54) is 22.5 Å². The first-order valence-electron chi connectivity index (χ1n) is 7.35. The summed E-state index contributed by atoms with van der Waals surface area (Å²) in [7, 11) is 6.89. The van der Waals surface area contributed by atoms with Crippen LogP contribution in [0.5, 0.6) is 0 Å². The number of aryl methyl sites for hydroxylation is 1. The third-order valence-corrected chi connectivity index (χ3v) is 3.64. The van der Waals surface area contributed by atoms with Gasteiger partial charge in [0, 0.05) is 20.6 Å². The van der Waals surface area contributed by atoms with Crippen LogP contribution in [0.2, 0.25) is 0 Å². The molecule has 0 aliphatic carbocycles. The van der Waals surface area contributed by atoms with Gasteiger partial charge in [0.1, 0.15) is 6.54 Å². The van der Waals surface area contributed by atoms with Crippen LogP contribution in [-0.4, -0.2) is 56.7 Å². The highest BCUT2D eigenvalue weighted by molar-refractivity contribution is 5.78. The Morgan fingerprint density at radius 1 is 1.26 bits per heavy atom. The van der Waals surface area contributed by atoms with Gasteiger partial charge in [0.2, 0.25) is 5.91 Å². The van der Waals surface area contributed by atoms with E-state index in [0.717, 1.165) is 17.5 Å². The molecule has 2 rings (SSSR count). The van der Waals surface area contributed by atoms with Gasteiger partial charge < -0.3 is 14.8 Å². The molecule has 0 atom stereocenters. The van der Waals surface area contributed by atoms with Crippen molar-refractivity contribution >= 4 is 17.1 Å². The molecule has 23 heavy (non-hydrogen) atoms. The minimum absolute atomic E-state index is 0.00803. The Hall–Kier alpha value is -2.42. The summed E-state index contributed by atoms with van der Waals surface area (Å²) in [5.41, 5.74) is -0.376. The fraction of sp³-hybridized carbons (Fsp3) is 0.571. The molecule has 0 aliphatic heterocycles. The molecule has 0 unspecified atom stereocenters. The second-order valence-corrected chi connectivity index (χ2v) is 5.76. The number of carbonyl (C=O) groups excluding carboxylic acids is 1. The summed E-state index contributed by atoms with van der Waals surface area (Å²) in [5.74, 6) is -0.195. The summed E-state index contributed by atoms with van der Waals surface area (Å²) >= 11 is 0. The number of hydrogen-bond donors (Lipinski definition) is 1. The first-order chi connectivity index (χ1) is 10.8. The Morgan fingerprint density at radius 3 is 2.61 bits per heavy atom. The van der Waals surface area contributed by atoms with E-state index < -0.39 is 11.2 Å². The van der Waals surface area contributed by atoms with Crippen LogP contribution in [-0.2, 0) is 25.4 Å². The molecule has 2 heterocycles. The number of amides is 1. The van der Waals surface area contributed by atoms with Crippen molar-refractivity contribution in [2.75, 3.05) is 27.2 Å². The first kappa shape index (κ1) is 16.9. The number of rotatable bonds is 6. The van der Waals surface area contributed by atoms with Crippen molar-refractivity contribution in [1.29, 1.82) is 0 Å². The molecule has 2 aromatic rings. The average molecular weight is 321 g/mol. The lowest BCUT2D eigenvalue weighted by molar-refractivity contribution is -0.121. The van der Waals surface area contributed by atoms with Crippen LogP contribution >= 0.6 is 0 Å². The molecular weight excluding hydrogens is 299 g/mol. The highest BCUT2D eigenvalue weighted by Crippen LogP contribution is 2.04. The predicted molar refractivity (Wildman–Crippen MR) is 86.4 cm³/mol. The van der Waals surface area contributed by atoms with E-state index in [2.05, 4.69) is 10.3 Å². The lowest BCUT2D eigenvalue weighted by atomic mass is 10.3. The quantitative estimate of drug-likeness (QED) is 0.654. The number of hydrogen-bond acceptors (Lipinski definition) is 5. The van der Waals surface area contributed by atoms with Crippen LogP contribution in [0.15, 0.2) is 15.9 Å². The summed E-state index contributed by atoms with van der Waals surface area (Å²) in [6.07, 6.45) is 2.25. The molecule has 9 heteroatoms. The van der Waals surface area contributed by atoms with Crippen molar-refractivity contribution in [3.8, 4) is 0 Å². The van der Waals surface area contributed by atoms with Gasteiger partial charge in [-0.2, -0.15) is 0 Å². The molecule has 0 aliphatic rings. The molecule has 0 saturated heterocycles. The van der Waals surface area contributed by atoms with Crippen LogP contribution < -0.4 is 16.6 Å². The Morgan fingerprint density at radius 2 is 1.96 bits per heavy atom. The first-order valence-corrected chi connectivity index (χ1v) is 7.35. The third kappa shape index (κ3) is 3.50. The van der Waals surface area contributed by atoms with Gasteiger partial charge in [-0.25, -0.2) is 9.78 Å². The lowest BCUT2D eigenvalue weighted by Crippen LogP contribution is -2.38. The van der Waals surface area contributed by atoms with E-state index in [9.17, 15) is 14.4 Å². The van der Waals surface area contributed by atoms with Gasteiger partial charge in [-0.1, -0.05) is 0 Å². The Kier molecular flexibility index (Phi) is 4.99. The van der Waals surface area contributed by atoms with Crippen LogP contribution in [0.1, 0.15) is 6.42 Å². The molecule has 126 valence electrons. The fourth-order valence-corrected chi connectivity index (χ4v) is 2.35. The zero-order valence-electron chi connectivity index (χ0n) is 13.9. The van der Waals surface area contributed by atoms with E-state index >= 15 is 0 Å². The number of aromatic nitrogens is 4. The molecule has 0 fully saturated rings. The number of nitrogens with one attached hydrogen (secondary N) is 1. The molecular formula is C14H22N6O3. The van der Waals surface area contributed by atoms with Gasteiger partial charge in [-0.3, -0.25) is 18.7 Å². The topological polar surface area (TPSA) is 94.2 Å². The van der Waals surface area contributed by atoms with Gasteiger partial charge in [0.15, 0.2) is 11.2 Å². The molecule has 0 saturated carbocycles. The second kappa shape index (κ2) is 6.78. The van der Waals surface area contributed by atoms with Crippen molar-refractivity contribution in [2.24, 2.45) is 14.1 Å². The van der Waals surface area contributed by atoms with Crippen LogP contribution in [0.3, 0.4) is 0 Å². The van der Waals surface area contributed by atoms with Gasteiger partial charge in [0.25, 0.3) is 5.56 Å². The van der Waals surface area contributed by atoms with E-state index in [0.29, 0.717) is 6.54 Å². The van der Waals surface area contributed by atoms with E-state index in [4.69, 9.17) is 0 Å². The Bertz CT molecular complexity index is 829. The Balaban J connectivity index is 2.17. The monoisotopic (exact) mass is 321 g/mol. The summed E-state index contributed by atoms with van der Waals surface area (Å²) in [6, 6.07) is 0. The standard InChI is InChI=1S/C14H22N6O3/c1-17(2)7-5-6-15-10(21)8-20-9-16-12-11(20)13(22)19(4)14(23)18(12)3/h9H,5-8H2,1-4H3,(H,15,21)/i1-1. The van der Waals surface area contributed by atoms with Gasteiger partial charge in [0.05, 0.1) is 6.33 Å². The summed E-state index contributed by atoms with van der Waals surface area (Å²) in [4.78, 5) is 42.2. The van der Waals surface area contributed by atoms with E-state index in [1.807, 2.05) is 19.0 Å². The van der Waals surface area contributed by atoms with Crippen LogP contribution in [0, 0.1) is 0 Å². The Labute approximate surface area is 133 Å². The van der Waals surface area contributed by atoms with Gasteiger partial charge >= 0.3 is 5.69 Å². The largest absolute Gasteiger partial charge is 0.355 e. The van der Waals surface area contributed by atoms with Crippen molar-refractivity contribution in [3.05, 3.63) is 27.2 Å². The number of imidazole rings is 1. The van der Waals surface area contributed by atoms with E-state index in [1.54, 1.807) is 7.05 Å². The number of carbonyl (C=O) groups is 1. The maximum absolute atomic E-state index is 12.3. The molecule has 0 aromatic carbocycles. The number of fused-ring (bicyclic) bond motifs is 1. The predicted octanol–water partition coefficient (Wildman–Crippen LogP) is -1.50. The molecule has 2 aromatic heterocycles. The van der Waals surface area contributed by atoms with Crippen LogP contribution in [0.25, 0.3) is 11.2 Å². The normalized spacial score (nSPS) is 11.3. The minimum atomic E-state index is -0.457. The smallest absolute Gasteiger partial charge is 0.332 e. The molecule has 0 bridgehead atoms. The van der Waals surface area contributed by atoms with Gasteiger partial charge in [-0.15, -0.1) is 0 Å². The average Bonchev–Trinajstić information content (AvgIpc) is 2.91. The van der Waals surface area contributed by atoms with Crippen molar-refractivity contribution < 1.29 is 4.79 Å². The summed E-state index contributed by atoms with van der Waals surface area (Å²) < 4.78 is 3.77. The van der Waals surface area contributed by atoms with Crippen molar-refractivity contribution in [3.63, 3.8) is 0 Å².